The summed E-state index contributed by atoms with van der Waals surface area (Å²) in [4.78, 5) is 6.84. The summed E-state index contributed by atoms with van der Waals surface area (Å²) in [5.74, 6) is 1.88. The van der Waals surface area contributed by atoms with Crippen LogP contribution in [0.3, 0.4) is 0 Å². The SMILES string of the molecule is CCn1cnnc1CN(C)c1cc(-c2ccccc2)nc2ccnn12. The van der Waals surface area contributed by atoms with Gasteiger partial charge in [-0.25, -0.2) is 4.98 Å². The quantitative estimate of drug-likeness (QED) is 0.562. The average Bonchev–Trinajstić information content (AvgIpc) is 3.30. The summed E-state index contributed by atoms with van der Waals surface area (Å²) in [5.41, 5.74) is 2.82. The van der Waals surface area contributed by atoms with E-state index in [-0.39, 0.29) is 0 Å². The fraction of sp³-hybridized carbons (Fsp3) is 0.222. The van der Waals surface area contributed by atoms with Gasteiger partial charge in [-0.15, -0.1) is 10.2 Å². The molecule has 0 N–H and O–H groups in total. The van der Waals surface area contributed by atoms with Crippen LogP contribution in [0.1, 0.15) is 12.7 Å². The Labute approximate surface area is 145 Å². The fourth-order valence-corrected chi connectivity index (χ4v) is 2.88. The first-order chi connectivity index (χ1) is 12.3. The van der Waals surface area contributed by atoms with Crippen molar-refractivity contribution in [3.05, 3.63) is 60.8 Å². The Balaban J connectivity index is 1.76. The predicted octanol–water partition coefficient (Wildman–Crippen LogP) is 2.64. The van der Waals surface area contributed by atoms with E-state index in [0.717, 1.165) is 35.1 Å². The second-order valence-electron chi connectivity index (χ2n) is 5.86. The summed E-state index contributed by atoms with van der Waals surface area (Å²) >= 11 is 0. The molecule has 3 aromatic heterocycles. The maximum atomic E-state index is 4.72. The molecule has 126 valence electrons. The summed E-state index contributed by atoms with van der Waals surface area (Å²) in [6.45, 7) is 3.57. The van der Waals surface area contributed by atoms with Gasteiger partial charge in [-0.2, -0.15) is 9.61 Å². The maximum Gasteiger partial charge on any atom is 0.157 e. The van der Waals surface area contributed by atoms with E-state index in [1.165, 1.54) is 0 Å². The normalized spacial score (nSPS) is 11.1. The van der Waals surface area contributed by atoms with E-state index in [0.29, 0.717) is 6.54 Å². The minimum atomic E-state index is 0.640. The molecule has 0 spiro atoms. The number of anilines is 1. The topological polar surface area (TPSA) is 64.1 Å². The van der Waals surface area contributed by atoms with Gasteiger partial charge < -0.3 is 9.47 Å². The highest BCUT2D eigenvalue weighted by atomic mass is 15.4. The summed E-state index contributed by atoms with van der Waals surface area (Å²) in [6, 6.07) is 14.1. The highest BCUT2D eigenvalue weighted by molar-refractivity contribution is 5.66. The Bertz CT molecular complexity index is 987. The van der Waals surface area contributed by atoms with E-state index < -0.39 is 0 Å². The number of benzene rings is 1. The largest absolute Gasteiger partial charge is 0.352 e. The van der Waals surface area contributed by atoms with Gasteiger partial charge in [-0.05, 0) is 6.92 Å². The maximum absolute atomic E-state index is 4.72. The molecule has 0 saturated carbocycles. The zero-order valence-electron chi connectivity index (χ0n) is 14.2. The molecular weight excluding hydrogens is 314 g/mol. The van der Waals surface area contributed by atoms with Crippen molar-refractivity contribution in [2.75, 3.05) is 11.9 Å². The van der Waals surface area contributed by atoms with Gasteiger partial charge in [0.1, 0.15) is 12.1 Å². The minimum Gasteiger partial charge on any atom is -0.352 e. The first-order valence-electron chi connectivity index (χ1n) is 8.24. The Hall–Kier alpha value is -3.22. The van der Waals surface area contributed by atoms with Crippen molar-refractivity contribution in [3.8, 4) is 11.3 Å². The van der Waals surface area contributed by atoms with Crippen LogP contribution in [0.15, 0.2) is 55.0 Å². The second kappa shape index (κ2) is 6.35. The van der Waals surface area contributed by atoms with Crippen LogP contribution in [-0.4, -0.2) is 36.4 Å². The summed E-state index contributed by atoms with van der Waals surface area (Å²) < 4.78 is 3.88. The van der Waals surface area contributed by atoms with Crippen LogP contribution in [0.5, 0.6) is 0 Å². The van der Waals surface area contributed by atoms with Crippen LogP contribution in [0, 0.1) is 0 Å². The number of fused-ring (bicyclic) bond motifs is 1. The fourth-order valence-electron chi connectivity index (χ4n) is 2.88. The first kappa shape index (κ1) is 15.3. The van der Waals surface area contributed by atoms with Crippen molar-refractivity contribution in [1.29, 1.82) is 0 Å². The van der Waals surface area contributed by atoms with Crippen LogP contribution in [-0.2, 0) is 13.1 Å². The molecule has 4 rings (SSSR count). The highest BCUT2D eigenvalue weighted by Crippen LogP contribution is 2.24. The van der Waals surface area contributed by atoms with Crippen LogP contribution in [0.2, 0.25) is 0 Å². The molecule has 0 bridgehead atoms. The lowest BCUT2D eigenvalue weighted by Crippen LogP contribution is -2.22. The molecule has 1 aromatic carbocycles. The second-order valence-corrected chi connectivity index (χ2v) is 5.86. The van der Waals surface area contributed by atoms with Gasteiger partial charge in [-0.1, -0.05) is 30.3 Å². The molecule has 0 aliphatic carbocycles. The Morgan fingerprint density at radius 2 is 1.96 bits per heavy atom. The molecule has 0 fully saturated rings. The molecule has 0 aliphatic heterocycles. The lowest BCUT2D eigenvalue weighted by Gasteiger charge is -2.20. The van der Waals surface area contributed by atoms with Gasteiger partial charge in [0, 0.05) is 31.3 Å². The molecule has 0 unspecified atom stereocenters. The molecule has 4 aromatic rings. The molecule has 0 atom stereocenters. The van der Waals surface area contributed by atoms with Crippen molar-refractivity contribution in [3.63, 3.8) is 0 Å². The van der Waals surface area contributed by atoms with Gasteiger partial charge in [0.05, 0.1) is 18.4 Å². The van der Waals surface area contributed by atoms with Crippen molar-refractivity contribution >= 4 is 11.5 Å². The van der Waals surface area contributed by atoms with Crippen LogP contribution < -0.4 is 4.90 Å². The van der Waals surface area contributed by atoms with Crippen molar-refractivity contribution in [1.82, 2.24) is 29.4 Å². The van der Waals surface area contributed by atoms with Crippen molar-refractivity contribution in [2.24, 2.45) is 0 Å². The van der Waals surface area contributed by atoms with Gasteiger partial charge >= 0.3 is 0 Å². The number of hydrogen-bond acceptors (Lipinski definition) is 5. The van der Waals surface area contributed by atoms with E-state index in [4.69, 9.17) is 4.98 Å². The molecular formula is C18H19N7. The van der Waals surface area contributed by atoms with Crippen molar-refractivity contribution < 1.29 is 0 Å². The van der Waals surface area contributed by atoms with E-state index in [2.05, 4.69) is 45.3 Å². The van der Waals surface area contributed by atoms with Crippen LogP contribution in [0.4, 0.5) is 5.82 Å². The predicted molar refractivity (Wildman–Crippen MR) is 96.2 cm³/mol. The molecule has 7 nitrogen and oxygen atoms in total. The molecule has 3 heterocycles. The van der Waals surface area contributed by atoms with Crippen LogP contribution >= 0.6 is 0 Å². The molecule has 0 radical (unpaired) electrons. The van der Waals surface area contributed by atoms with E-state index in [1.807, 2.05) is 40.4 Å². The number of rotatable bonds is 5. The van der Waals surface area contributed by atoms with Crippen LogP contribution in [0.25, 0.3) is 16.9 Å². The number of nitrogens with zero attached hydrogens (tertiary/aromatic N) is 7. The van der Waals surface area contributed by atoms with Gasteiger partial charge in [0.15, 0.2) is 11.5 Å². The minimum absolute atomic E-state index is 0.640. The zero-order valence-corrected chi connectivity index (χ0v) is 14.2. The third-order valence-electron chi connectivity index (χ3n) is 4.22. The molecule has 0 aliphatic rings. The van der Waals surface area contributed by atoms with E-state index in [1.54, 1.807) is 12.5 Å². The van der Waals surface area contributed by atoms with Crippen molar-refractivity contribution in [2.45, 2.75) is 20.0 Å². The van der Waals surface area contributed by atoms with Gasteiger partial charge in [0.25, 0.3) is 0 Å². The number of hydrogen-bond donors (Lipinski definition) is 0. The first-order valence-corrected chi connectivity index (χ1v) is 8.24. The average molecular weight is 333 g/mol. The van der Waals surface area contributed by atoms with E-state index in [9.17, 15) is 0 Å². The standard InChI is InChI=1S/C18H19N7/c1-3-24-13-19-22-17(24)12-23(2)18-11-15(14-7-5-4-6-8-14)21-16-9-10-20-25(16)18/h4-11,13H,3,12H2,1-2H3. The Kier molecular flexibility index (Phi) is 3.89. The molecule has 7 heteroatoms. The molecule has 25 heavy (non-hydrogen) atoms. The van der Waals surface area contributed by atoms with E-state index >= 15 is 0 Å². The lowest BCUT2D eigenvalue weighted by atomic mass is 10.1. The number of aromatic nitrogens is 6. The smallest absolute Gasteiger partial charge is 0.157 e. The number of aryl methyl sites for hydroxylation is 1. The lowest BCUT2D eigenvalue weighted by molar-refractivity contribution is 0.679. The van der Waals surface area contributed by atoms with Gasteiger partial charge in [-0.3, -0.25) is 0 Å². The Morgan fingerprint density at radius 3 is 2.76 bits per heavy atom. The third kappa shape index (κ3) is 2.84. The molecule has 0 saturated heterocycles. The third-order valence-corrected chi connectivity index (χ3v) is 4.22. The molecule has 0 amide bonds. The summed E-state index contributed by atoms with van der Waals surface area (Å²) in [7, 11) is 2.03. The highest BCUT2D eigenvalue weighted by Gasteiger charge is 2.14. The zero-order chi connectivity index (χ0) is 17.2. The monoisotopic (exact) mass is 333 g/mol. The summed E-state index contributed by atoms with van der Waals surface area (Å²) in [5, 5.41) is 12.7. The Morgan fingerprint density at radius 1 is 1.12 bits per heavy atom. The van der Waals surface area contributed by atoms with Gasteiger partial charge in [0.2, 0.25) is 0 Å². The summed E-state index contributed by atoms with van der Waals surface area (Å²) in [6.07, 6.45) is 3.53.